The smallest absolute Gasteiger partial charge is 0.230 e. The van der Waals surface area contributed by atoms with E-state index in [1.807, 2.05) is 48.2 Å². The van der Waals surface area contributed by atoms with Gasteiger partial charge in [0.15, 0.2) is 5.13 Å². The van der Waals surface area contributed by atoms with Gasteiger partial charge in [-0.1, -0.05) is 25.1 Å². The Labute approximate surface area is 228 Å². The van der Waals surface area contributed by atoms with E-state index in [1.54, 1.807) is 0 Å². The predicted octanol–water partition coefficient (Wildman–Crippen LogP) is 5.35. The minimum atomic E-state index is -0.109. The first kappa shape index (κ1) is 26.4. The molecule has 1 unspecified atom stereocenters. The lowest BCUT2D eigenvalue weighted by molar-refractivity contribution is -0.119. The van der Waals surface area contributed by atoms with Crippen molar-refractivity contribution in [2.45, 2.75) is 52.4 Å². The van der Waals surface area contributed by atoms with Crippen molar-refractivity contribution in [2.75, 3.05) is 29.9 Å². The van der Waals surface area contributed by atoms with E-state index in [0.29, 0.717) is 24.2 Å². The van der Waals surface area contributed by atoms with Crippen LogP contribution in [0.4, 0.5) is 10.8 Å². The molecule has 38 heavy (non-hydrogen) atoms. The van der Waals surface area contributed by atoms with E-state index >= 15 is 0 Å². The largest absolute Gasteiger partial charge is 0.494 e. The molecule has 8 heteroatoms. The van der Waals surface area contributed by atoms with Gasteiger partial charge in [-0.25, -0.2) is 4.98 Å². The summed E-state index contributed by atoms with van der Waals surface area (Å²) >= 11 is 1.48. The summed E-state index contributed by atoms with van der Waals surface area (Å²) in [6, 6.07) is 13.9. The number of nitrogens with two attached hydrogens (primary N) is 1. The first-order valence-electron chi connectivity index (χ1n) is 13.5. The van der Waals surface area contributed by atoms with Gasteiger partial charge >= 0.3 is 0 Å². The molecule has 2 heterocycles. The molecule has 1 atom stereocenters. The second-order valence-corrected chi connectivity index (χ2v) is 11.7. The molecule has 2 aliphatic rings. The van der Waals surface area contributed by atoms with Gasteiger partial charge in [-0.15, -0.1) is 11.3 Å². The molecule has 7 nitrogen and oxygen atoms in total. The summed E-state index contributed by atoms with van der Waals surface area (Å²) in [6.07, 6.45) is 5.10. The fourth-order valence-corrected chi connectivity index (χ4v) is 5.80. The number of anilines is 2. The zero-order valence-electron chi connectivity index (χ0n) is 22.2. The van der Waals surface area contributed by atoms with Crippen LogP contribution >= 0.6 is 11.3 Å². The van der Waals surface area contributed by atoms with E-state index in [-0.39, 0.29) is 24.2 Å². The van der Waals surface area contributed by atoms with Crippen LogP contribution in [0.25, 0.3) is 11.3 Å². The number of benzene rings is 2. The number of amides is 2. The van der Waals surface area contributed by atoms with Gasteiger partial charge in [-0.3, -0.25) is 9.59 Å². The Hall–Kier alpha value is -3.23. The lowest BCUT2D eigenvalue weighted by Crippen LogP contribution is -2.30. The Kier molecular flexibility index (Phi) is 8.09. The van der Waals surface area contributed by atoms with Crippen molar-refractivity contribution in [3.63, 3.8) is 0 Å². The number of aromatic nitrogens is 1. The van der Waals surface area contributed by atoms with Crippen molar-refractivity contribution in [3.8, 4) is 17.0 Å². The van der Waals surface area contributed by atoms with Crippen LogP contribution in [0.5, 0.6) is 5.75 Å². The van der Waals surface area contributed by atoms with Crippen molar-refractivity contribution in [1.82, 2.24) is 4.98 Å². The van der Waals surface area contributed by atoms with Crippen molar-refractivity contribution in [1.29, 1.82) is 0 Å². The van der Waals surface area contributed by atoms with E-state index in [9.17, 15) is 9.59 Å². The highest BCUT2D eigenvalue weighted by Crippen LogP contribution is 2.39. The van der Waals surface area contributed by atoms with E-state index in [2.05, 4.69) is 18.3 Å². The minimum absolute atomic E-state index is 0.109. The van der Waals surface area contributed by atoms with Gasteiger partial charge in [-0.2, -0.15) is 0 Å². The van der Waals surface area contributed by atoms with Crippen LogP contribution in [-0.4, -0.2) is 36.5 Å². The molecule has 2 amide bonds. The molecule has 1 aromatic heterocycles. The Morgan fingerprint density at radius 3 is 2.84 bits per heavy atom. The van der Waals surface area contributed by atoms with Crippen molar-refractivity contribution >= 4 is 34.0 Å². The van der Waals surface area contributed by atoms with E-state index in [1.165, 1.54) is 16.9 Å². The third-order valence-electron chi connectivity index (χ3n) is 7.29. The van der Waals surface area contributed by atoms with E-state index in [0.717, 1.165) is 71.8 Å². The number of fused-ring (bicyclic) bond motifs is 1. The number of carbonyl (C=O) groups is 2. The highest BCUT2D eigenvalue weighted by molar-refractivity contribution is 7.16. The Morgan fingerprint density at radius 2 is 2.05 bits per heavy atom. The predicted molar refractivity (Wildman–Crippen MR) is 153 cm³/mol. The zero-order valence-corrected chi connectivity index (χ0v) is 23.0. The Morgan fingerprint density at radius 1 is 1.21 bits per heavy atom. The minimum Gasteiger partial charge on any atom is -0.494 e. The molecule has 0 spiro atoms. The second kappa shape index (κ2) is 11.7. The maximum atomic E-state index is 12.8. The molecule has 1 saturated carbocycles. The lowest BCUT2D eigenvalue weighted by atomic mass is 10.1. The highest BCUT2D eigenvalue weighted by Gasteiger charge is 2.36. The van der Waals surface area contributed by atoms with Crippen molar-refractivity contribution in [3.05, 3.63) is 58.5 Å². The zero-order chi connectivity index (χ0) is 26.6. The van der Waals surface area contributed by atoms with Crippen molar-refractivity contribution in [2.24, 2.45) is 17.6 Å². The van der Waals surface area contributed by atoms with Crippen LogP contribution in [0.3, 0.4) is 0 Å². The van der Waals surface area contributed by atoms with Crippen LogP contribution in [-0.2, 0) is 22.4 Å². The van der Waals surface area contributed by atoms with Crippen molar-refractivity contribution < 1.29 is 14.3 Å². The molecule has 200 valence electrons. The number of hydrogen-bond donors (Lipinski definition) is 2. The SMILES string of the molecule is Cc1sc(NC(=O)Cc2cccc(OCCC(C)CCN)c2)nc1-c1ccc2c(c1)CCN2C(=O)C1CC1. The summed E-state index contributed by atoms with van der Waals surface area (Å²) in [7, 11) is 0. The fraction of sp³-hybridized carbons (Fsp3) is 0.433. The number of nitrogens with zero attached hydrogens (tertiary/aromatic N) is 2. The Bertz CT molecular complexity index is 1320. The number of ether oxygens (including phenoxy) is 1. The summed E-state index contributed by atoms with van der Waals surface area (Å²) in [5, 5.41) is 3.56. The summed E-state index contributed by atoms with van der Waals surface area (Å²) in [6.45, 7) is 6.29. The monoisotopic (exact) mass is 532 g/mol. The van der Waals surface area contributed by atoms with Gasteiger partial charge in [0, 0.05) is 28.6 Å². The third kappa shape index (κ3) is 6.25. The number of hydrogen-bond acceptors (Lipinski definition) is 6. The molecule has 0 radical (unpaired) electrons. The molecule has 0 saturated heterocycles. The van der Waals surface area contributed by atoms with E-state index < -0.39 is 0 Å². The summed E-state index contributed by atoms with van der Waals surface area (Å²) in [4.78, 5) is 33.1. The molecule has 3 aromatic rings. The number of nitrogens with one attached hydrogen (secondary N) is 1. The van der Waals surface area contributed by atoms with Crippen LogP contribution in [0.15, 0.2) is 42.5 Å². The van der Waals surface area contributed by atoms with Crippen LogP contribution in [0.1, 0.15) is 48.6 Å². The molecule has 5 rings (SSSR count). The standard InChI is InChI=1S/C30H36N4O3S/c1-19(10-13-31)12-15-37-25-5-3-4-21(16-25)17-27(35)32-30-33-28(20(2)38-30)24-8-9-26-23(18-24)11-14-34(26)29(36)22-6-7-22/h3-5,8-9,16,18-19,22H,6-7,10-15,17,31H2,1-2H3,(H,32,33,35). The molecule has 1 aliphatic heterocycles. The normalized spacial score (nSPS) is 15.3. The molecule has 1 aliphatic carbocycles. The first-order chi connectivity index (χ1) is 18.4. The van der Waals surface area contributed by atoms with E-state index in [4.69, 9.17) is 15.5 Å². The van der Waals surface area contributed by atoms with Crippen LogP contribution in [0.2, 0.25) is 0 Å². The van der Waals surface area contributed by atoms with Gasteiger partial charge in [0.25, 0.3) is 0 Å². The number of carbonyl (C=O) groups excluding carboxylic acids is 2. The summed E-state index contributed by atoms with van der Waals surface area (Å²) in [5.41, 5.74) is 10.6. The number of rotatable bonds is 11. The maximum Gasteiger partial charge on any atom is 0.230 e. The van der Waals surface area contributed by atoms with Gasteiger partial charge in [0.05, 0.1) is 18.7 Å². The molecule has 0 bridgehead atoms. The number of aryl methyl sites for hydroxylation is 1. The highest BCUT2D eigenvalue weighted by atomic mass is 32.1. The fourth-order valence-electron chi connectivity index (χ4n) is 4.95. The quantitative estimate of drug-likeness (QED) is 0.347. The lowest BCUT2D eigenvalue weighted by Gasteiger charge is -2.17. The molecular weight excluding hydrogens is 496 g/mol. The first-order valence-corrected chi connectivity index (χ1v) is 14.4. The Balaban J connectivity index is 1.19. The molecule has 2 aromatic carbocycles. The van der Waals surface area contributed by atoms with Gasteiger partial charge in [0.2, 0.25) is 11.8 Å². The van der Waals surface area contributed by atoms with Gasteiger partial charge < -0.3 is 20.7 Å². The average molecular weight is 533 g/mol. The maximum absolute atomic E-state index is 12.8. The molecule has 3 N–H and O–H groups in total. The average Bonchev–Trinajstić information content (AvgIpc) is 3.56. The van der Waals surface area contributed by atoms with Crippen LogP contribution < -0.4 is 20.7 Å². The van der Waals surface area contributed by atoms with Crippen LogP contribution in [0, 0.1) is 18.8 Å². The van der Waals surface area contributed by atoms with Gasteiger partial charge in [-0.05, 0) is 86.9 Å². The third-order valence-corrected chi connectivity index (χ3v) is 8.17. The number of thiazole rings is 1. The van der Waals surface area contributed by atoms with Gasteiger partial charge in [0.1, 0.15) is 5.75 Å². The molecule has 1 fully saturated rings. The summed E-state index contributed by atoms with van der Waals surface area (Å²) < 4.78 is 5.89. The summed E-state index contributed by atoms with van der Waals surface area (Å²) in [5.74, 6) is 1.68. The second-order valence-electron chi connectivity index (χ2n) is 10.5. The molecular formula is C30H36N4O3S. The topological polar surface area (TPSA) is 97.5 Å².